The second-order valence-corrected chi connectivity index (χ2v) is 8.71. The van der Waals surface area contributed by atoms with E-state index in [2.05, 4.69) is 9.97 Å². The molecule has 1 aliphatic carbocycles. The lowest BCUT2D eigenvalue weighted by molar-refractivity contribution is -0.140. The van der Waals surface area contributed by atoms with Crippen molar-refractivity contribution < 1.29 is 27.1 Å². The second kappa shape index (κ2) is 9.29. The van der Waals surface area contributed by atoms with Crippen molar-refractivity contribution in [1.29, 1.82) is 5.41 Å². The minimum absolute atomic E-state index is 0.00271. The molecule has 3 N–H and O–H groups in total. The van der Waals surface area contributed by atoms with Gasteiger partial charge >= 0.3 is 6.18 Å². The van der Waals surface area contributed by atoms with Crippen LogP contribution in [0.25, 0.3) is 22.4 Å². The summed E-state index contributed by atoms with van der Waals surface area (Å²) >= 11 is 0. The van der Waals surface area contributed by atoms with Crippen LogP contribution in [0.15, 0.2) is 28.7 Å². The van der Waals surface area contributed by atoms with Crippen molar-refractivity contribution in [3.8, 4) is 17.2 Å². The number of aromatic nitrogens is 2. The van der Waals surface area contributed by atoms with E-state index in [1.54, 1.807) is 27.0 Å². The molecule has 0 aliphatic heterocycles. The molecule has 2 aromatic heterocycles. The van der Waals surface area contributed by atoms with Gasteiger partial charge in [-0.25, -0.2) is 9.97 Å². The standard InChI is InChI=1S/C24H26F3N5O3/c1-12(2)34-17-9-7-14(13-8-10-19(24(25,26)27)30-20(13)17)22-31-21(18(11-28)35-22)23(33)32(3)16-6-4-5-15(16)29/h7-10,12,16,29H,4-6,11,28H2,1-3H3. The Morgan fingerprint density at radius 1 is 1.29 bits per heavy atom. The summed E-state index contributed by atoms with van der Waals surface area (Å²) in [6.45, 7) is 3.41. The van der Waals surface area contributed by atoms with Gasteiger partial charge in [-0.15, -0.1) is 0 Å². The zero-order valence-corrected chi connectivity index (χ0v) is 19.6. The van der Waals surface area contributed by atoms with Crippen LogP contribution in [0.3, 0.4) is 0 Å². The summed E-state index contributed by atoms with van der Waals surface area (Å²) in [4.78, 5) is 22.9. The molecule has 3 aromatic rings. The van der Waals surface area contributed by atoms with E-state index in [1.807, 2.05) is 0 Å². The number of pyridine rings is 1. The van der Waals surface area contributed by atoms with Crippen LogP contribution >= 0.6 is 0 Å². The summed E-state index contributed by atoms with van der Waals surface area (Å²) in [7, 11) is 1.61. The van der Waals surface area contributed by atoms with Crippen LogP contribution < -0.4 is 10.5 Å². The smallest absolute Gasteiger partial charge is 0.433 e. The highest BCUT2D eigenvalue weighted by Gasteiger charge is 2.34. The normalized spacial score (nSPS) is 16.3. The van der Waals surface area contributed by atoms with Crippen LogP contribution in [0.5, 0.6) is 5.75 Å². The number of nitrogens with one attached hydrogen (secondary N) is 1. The molecule has 8 nitrogen and oxygen atoms in total. The van der Waals surface area contributed by atoms with Gasteiger partial charge in [0, 0.05) is 23.7 Å². The minimum atomic E-state index is -4.63. The molecule has 1 unspecified atom stereocenters. The molecule has 1 fully saturated rings. The maximum atomic E-state index is 13.4. The third kappa shape index (κ3) is 4.72. The SMILES string of the molecule is CC(C)Oc1ccc(-c2nc(C(=O)N(C)C3CCCC3=N)c(CN)o2)c2ccc(C(F)(F)F)nc12. The fraction of sp³-hybridized carbons (Fsp3) is 0.417. The molecule has 0 bridgehead atoms. The largest absolute Gasteiger partial charge is 0.489 e. The zero-order valence-electron chi connectivity index (χ0n) is 19.6. The van der Waals surface area contributed by atoms with E-state index < -0.39 is 17.8 Å². The lowest BCUT2D eigenvalue weighted by atomic mass is 10.1. The van der Waals surface area contributed by atoms with Crippen molar-refractivity contribution in [2.75, 3.05) is 7.05 Å². The summed E-state index contributed by atoms with van der Waals surface area (Å²) in [5.74, 6) is -0.0619. The van der Waals surface area contributed by atoms with Crippen LogP contribution in [-0.2, 0) is 12.7 Å². The minimum Gasteiger partial charge on any atom is -0.489 e. The van der Waals surface area contributed by atoms with Gasteiger partial charge < -0.3 is 25.2 Å². The van der Waals surface area contributed by atoms with Gasteiger partial charge in [-0.05, 0) is 57.4 Å². The van der Waals surface area contributed by atoms with Gasteiger partial charge in [0.05, 0.1) is 18.7 Å². The number of carbonyl (C=O) groups excluding carboxylic acids is 1. The number of benzene rings is 1. The van der Waals surface area contributed by atoms with Crippen molar-refractivity contribution in [2.45, 2.75) is 58.0 Å². The number of oxazole rings is 1. The van der Waals surface area contributed by atoms with E-state index in [0.717, 1.165) is 12.5 Å². The van der Waals surface area contributed by atoms with Gasteiger partial charge in [0.25, 0.3) is 5.91 Å². The van der Waals surface area contributed by atoms with Crippen molar-refractivity contribution in [3.05, 3.63) is 41.4 Å². The monoisotopic (exact) mass is 489 g/mol. The number of hydrogen-bond acceptors (Lipinski definition) is 7. The number of amides is 1. The zero-order chi connectivity index (χ0) is 25.5. The van der Waals surface area contributed by atoms with E-state index in [4.69, 9.17) is 20.3 Å². The molecule has 4 rings (SSSR count). The number of rotatable bonds is 6. The molecule has 186 valence electrons. The van der Waals surface area contributed by atoms with Crippen molar-refractivity contribution in [1.82, 2.24) is 14.9 Å². The first-order valence-electron chi connectivity index (χ1n) is 11.2. The number of nitrogens with two attached hydrogens (primary N) is 1. The molecule has 35 heavy (non-hydrogen) atoms. The molecule has 1 aliphatic rings. The molecule has 0 spiro atoms. The summed E-state index contributed by atoms with van der Waals surface area (Å²) in [6, 6.07) is 4.96. The first-order chi connectivity index (χ1) is 16.5. The van der Waals surface area contributed by atoms with E-state index >= 15 is 0 Å². The molecule has 1 aromatic carbocycles. The van der Waals surface area contributed by atoms with Crippen molar-refractivity contribution in [2.24, 2.45) is 5.73 Å². The Hall–Kier alpha value is -3.47. The molecular weight excluding hydrogens is 463 g/mol. The highest BCUT2D eigenvalue weighted by molar-refractivity contribution is 6.00. The third-order valence-corrected chi connectivity index (χ3v) is 5.90. The van der Waals surface area contributed by atoms with E-state index in [0.29, 0.717) is 29.5 Å². The predicted molar refractivity (Wildman–Crippen MR) is 123 cm³/mol. The number of hydrogen-bond donors (Lipinski definition) is 2. The van der Waals surface area contributed by atoms with Crippen LogP contribution in [0.1, 0.15) is 55.1 Å². The predicted octanol–water partition coefficient (Wildman–Crippen LogP) is 4.80. The van der Waals surface area contributed by atoms with Crippen molar-refractivity contribution >= 4 is 22.5 Å². The highest BCUT2D eigenvalue weighted by atomic mass is 19.4. The number of ether oxygens (including phenoxy) is 1. The van der Waals surface area contributed by atoms with Crippen LogP contribution in [0.4, 0.5) is 13.2 Å². The molecule has 11 heteroatoms. The summed E-state index contributed by atoms with van der Waals surface area (Å²) in [5, 5.41) is 8.41. The molecule has 1 amide bonds. The Kier molecular flexibility index (Phi) is 6.54. The van der Waals surface area contributed by atoms with E-state index in [1.165, 1.54) is 17.0 Å². The highest BCUT2D eigenvalue weighted by Crippen LogP contribution is 2.37. The van der Waals surface area contributed by atoms with E-state index in [9.17, 15) is 18.0 Å². The Morgan fingerprint density at radius 3 is 2.63 bits per heavy atom. The number of alkyl halides is 3. The Balaban J connectivity index is 1.81. The van der Waals surface area contributed by atoms with Gasteiger partial charge in [-0.1, -0.05) is 0 Å². The fourth-order valence-corrected chi connectivity index (χ4v) is 4.22. The Morgan fingerprint density at radius 2 is 2.03 bits per heavy atom. The average Bonchev–Trinajstić information content (AvgIpc) is 3.43. The Bertz CT molecular complexity index is 1290. The molecular formula is C24H26F3N5O3. The average molecular weight is 489 g/mol. The van der Waals surface area contributed by atoms with Gasteiger partial charge in [0.1, 0.15) is 17.0 Å². The number of fused-ring (bicyclic) bond motifs is 1. The van der Waals surface area contributed by atoms with Crippen LogP contribution in [0, 0.1) is 5.41 Å². The topological polar surface area (TPSA) is 118 Å². The number of nitrogens with zero attached hydrogens (tertiary/aromatic N) is 3. The summed E-state index contributed by atoms with van der Waals surface area (Å²) < 4.78 is 51.6. The third-order valence-electron chi connectivity index (χ3n) is 5.90. The number of halogens is 3. The molecule has 2 heterocycles. The molecule has 1 saturated carbocycles. The van der Waals surface area contributed by atoms with Crippen molar-refractivity contribution in [3.63, 3.8) is 0 Å². The van der Waals surface area contributed by atoms with Crippen LogP contribution in [-0.4, -0.2) is 45.7 Å². The van der Waals surface area contributed by atoms with Gasteiger partial charge in [0.2, 0.25) is 5.89 Å². The van der Waals surface area contributed by atoms with E-state index in [-0.39, 0.29) is 47.3 Å². The van der Waals surface area contributed by atoms with Gasteiger partial charge in [-0.3, -0.25) is 4.79 Å². The van der Waals surface area contributed by atoms with Gasteiger partial charge in [0.15, 0.2) is 11.5 Å². The lowest BCUT2D eigenvalue weighted by Gasteiger charge is -2.23. The molecule has 0 saturated heterocycles. The maximum Gasteiger partial charge on any atom is 0.433 e. The van der Waals surface area contributed by atoms with Crippen LogP contribution in [0.2, 0.25) is 0 Å². The summed E-state index contributed by atoms with van der Waals surface area (Å²) in [5.41, 5.74) is 5.61. The number of carbonyl (C=O) groups is 1. The maximum absolute atomic E-state index is 13.4. The Labute approximate surface area is 199 Å². The molecule has 1 atom stereocenters. The lowest BCUT2D eigenvalue weighted by Crippen LogP contribution is -2.40. The first-order valence-corrected chi connectivity index (χ1v) is 11.2. The fourth-order valence-electron chi connectivity index (χ4n) is 4.22. The second-order valence-electron chi connectivity index (χ2n) is 8.71. The first kappa shape index (κ1) is 24.6. The molecule has 0 radical (unpaired) electrons. The van der Waals surface area contributed by atoms with Gasteiger partial charge in [-0.2, -0.15) is 13.2 Å². The quantitative estimate of drug-likeness (QED) is 0.514. The summed E-state index contributed by atoms with van der Waals surface area (Å²) in [6.07, 6.45) is -2.76.